The van der Waals surface area contributed by atoms with E-state index in [9.17, 15) is 4.79 Å². The van der Waals surface area contributed by atoms with Gasteiger partial charge in [-0.15, -0.1) is 0 Å². The fourth-order valence-corrected chi connectivity index (χ4v) is 2.97. The first-order valence-corrected chi connectivity index (χ1v) is 6.88. The van der Waals surface area contributed by atoms with Crippen molar-refractivity contribution >= 4 is 17.4 Å². The highest BCUT2D eigenvalue weighted by molar-refractivity contribution is 6.31. The molecule has 0 saturated heterocycles. The smallest absolute Gasteiger partial charge is 0.166 e. The van der Waals surface area contributed by atoms with Crippen LogP contribution in [0.4, 0.5) is 0 Å². The van der Waals surface area contributed by atoms with Gasteiger partial charge in [-0.3, -0.25) is 4.79 Å². The molecular weight excluding hydrogens is 232 g/mol. The Bertz CT molecular complexity index is 400. The van der Waals surface area contributed by atoms with Gasteiger partial charge in [-0.1, -0.05) is 49.9 Å². The predicted octanol–water partition coefficient (Wildman–Crippen LogP) is 4.74. The molecule has 1 aromatic rings. The minimum Gasteiger partial charge on any atom is -0.294 e. The number of carbonyl (C=O) groups excluding carboxylic acids is 1. The lowest BCUT2D eigenvalue weighted by Gasteiger charge is -2.27. The molecule has 0 aromatic heterocycles. The summed E-state index contributed by atoms with van der Waals surface area (Å²) in [5.41, 5.74) is 0.777. The zero-order valence-corrected chi connectivity index (χ0v) is 11.0. The lowest BCUT2D eigenvalue weighted by Crippen LogP contribution is -2.22. The lowest BCUT2D eigenvalue weighted by molar-refractivity contribution is 0.0862. The van der Waals surface area contributed by atoms with Crippen molar-refractivity contribution in [2.45, 2.75) is 39.0 Å². The summed E-state index contributed by atoms with van der Waals surface area (Å²) in [5, 5.41) is 0.652. The largest absolute Gasteiger partial charge is 0.294 e. The maximum Gasteiger partial charge on any atom is 0.166 e. The first-order chi connectivity index (χ1) is 8.20. The molecular formula is C15H19ClO. The van der Waals surface area contributed by atoms with Crippen LogP contribution in [0, 0.1) is 11.8 Å². The summed E-state index contributed by atoms with van der Waals surface area (Å²) >= 11 is 5.93. The molecule has 0 bridgehead atoms. The summed E-state index contributed by atoms with van der Waals surface area (Å²) in [5.74, 6) is 1.23. The Balaban J connectivity index is 2.09. The van der Waals surface area contributed by atoms with Gasteiger partial charge in [-0.05, 0) is 30.9 Å². The number of halogens is 1. The summed E-state index contributed by atoms with van der Waals surface area (Å²) in [4.78, 5) is 12.4. The summed E-state index contributed by atoms with van der Waals surface area (Å²) in [6, 6.07) is 7.34. The molecule has 92 valence electrons. The number of carbonyl (C=O) groups is 1. The highest BCUT2D eigenvalue weighted by Crippen LogP contribution is 2.33. The first kappa shape index (κ1) is 12.6. The van der Waals surface area contributed by atoms with Crippen LogP contribution in [0.2, 0.25) is 5.02 Å². The zero-order chi connectivity index (χ0) is 12.3. The van der Waals surface area contributed by atoms with Crippen molar-refractivity contribution in [2.24, 2.45) is 11.8 Å². The minimum absolute atomic E-state index is 0.215. The second kappa shape index (κ2) is 5.68. The fraction of sp³-hybridized carbons (Fsp3) is 0.533. The van der Waals surface area contributed by atoms with E-state index in [-0.39, 0.29) is 11.7 Å². The molecule has 0 heterocycles. The molecule has 0 spiro atoms. The molecule has 1 nitrogen and oxygen atoms in total. The van der Waals surface area contributed by atoms with Crippen LogP contribution >= 0.6 is 11.6 Å². The summed E-state index contributed by atoms with van der Waals surface area (Å²) in [6.07, 6.45) is 5.77. The van der Waals surface area contributed by atoms with E-state index in [4.69, 9.17) is 11.6 Å². The second-order valence-electron chi connectivity index (χ2n) is 5.01. The van der Waals surface area contributed by atoms with Crippen molar-refractivity contribution in [1.82, 2.24) is 0 Å². The van der Waals surface area contributed by atoms with E-state index in [0.717, 1.165) is 24.3 Å². The number of rotatable bonds is 3. The van der Waals surface area contributed by atoms with Crippen molar-refractivity contribution in [2.75, 3.05) is 0 Å². The Morgan fingerprint density at radius 2 is 2.24 bits per heavy atom. The molecule has 1 aromatic carbocycles. The van der Waals surface area contributed by atoms with E-state index in [1.54, 1.807) is 6.07 Å². The monoisotopic (exact) mass is 250 g/mol. The van der Waals surface area contributed by atoms with Gasteiger partial charge in [0.1, 0.15) is 0 Å². The normalized spacial score (nSPS) is 24.6. The van der Waals surface area contributed by atoms with Gasteiger partial charge in [0.25, 0.3) is 0 Å². The molecule has 0 radical (unpaired) electrons. The van der Waals surface area contributed by atoms with Crippen LogP contribution in [-0.4, -0.2) is 5.78 Å². The van der Waals surface area contributed by atoms with Gasteiger partial charge in [0.15, 0.2) is 5.78 Å². The second-order valence-corrected chi connectivity index (χ2v) is 5.45. The van der Waals surface area contributed by atoms with Gasteiger partial charge in [-0.25, -0.2) is 0 Å². The highest BCUT2D eigenvalue weighted by Gasteiger charge is 2.26. The third-order valence-corrected chi connectivity index (χ3v) is 4.08. The van der Waals surface area contributed by atoms with Gasteiger partial charge >= 0.3 is 0 Å². The Kier molecular flexibility index (Phi) is 4.22. The zero-order valence-electron chi connectivity index (χ0n) is 10.3. The minimum atomic E-state index is 0.215. The molecule has 2 rings (SSSR count). The fourth-order valence-electron chi connectivity index (χ4n) is 2.78. The van der Waals surface area contributed by atoms with Gasteiger partial charge in [0.05, 0.1) is 0 Å². The van der Waals surface area contributed by atoms with Crippen LogP contribution in [0.5, 0.6) is 0 Å². The lowest BCUT2D eigenvalue weighted by atomic mass is 9.77. The van der Waals surface area contributed by atoms with Crippen LogP contribution in [0.3, 0.4) is 0 Å². The molecule has 1 aliphatic carbocycles. The van der Waals surface area contributed by atoms with E-state index in [0.29, 0.717) is 5.02 Å². The van der Waals surface area contributed by atoms with E-state index in [2.05, 4.69) is 6.92 Å². The van der Waals surface area contributed by atoms with E-state index in [1.165, 1.54) is 19.3 Å². The van der Waals surface area contributed by atoms with Crippen molar-refractivity contribution in [3.05, 3.63) is 34.9 Å². The van der Waals surface area contributed by atoms with Gasteiger partial charge in [0, 0.05) is 16.5 Å². The molecule has 1 fully saturated rings. The SMILES string of the molecule is CCC1CCCC(C(=O)c2cccc(Cl)c2)C1. The average molecular weight is 251 g/mol. The first-order valence-electron chi connectivity index (χ1n) is 6.50. The molecule has 2 heteroatoms. The Morgan fingerprint density at radius 1 is 1.41 bits per heavy atom. The van der Waals surface area contributed by atoms with E-state index >= 15 is 0 Å². The third-order valence-electron chi connectivity index (χ3n) is 3.84. The molecule has 2 unspecified atom stereocenters. The molecule has 1 aliphatic rings. The Morgan fingerprint density at radius 3 is 2.94 bits per heavy atom. The topological polar surface area (TPSA) is 17.1 Å². The number of benzene rings is 1. The molecule has 17 heavy (non-hydrogen) atoms. The predicted molar refractivity (Wildman–Crippen MR) is 71.5 cm³/mol. The summed E-state index contributed by atoms with van der Waals surface area (Å²) in [6.45, 7) is 2.22. The van der Waals surface area contributed by atoms with E-state index < -0.39 is 0 Å². The van der Waals surface area contributed by atoms with E-state index in [1.807, 2.05) is 18.2 Å². The van der Waals surface area contributed by atoms with Crippen LogP contribution in [0.1, 0.15) is 49.4 Å². The maximum atomic E-state index is 12.4. The summed E-state index contributed by atoms with van der Waals surface area (Å²) < 4.78 is 0. The van der Waals surface area contributed by atoms with Crippen molar-refractivity contribution < 1.29 is 4.79 Å². The molecule has 0 N–H and O–H groups in total. The summed E-state index contributed by atoms with van der Waals surface area (Å²) in [7, 11) is 0. The van der Waals surface area contributed by atoms with Gasteiger partial charge in [0.2, 0.25) is 0 Å². The molecule has 2 atom stereocenters. The third kappa shape index (κ3) is 3.10. The number of hydrogen-bond donors (Lipinski definition) is 0. The molecule has 0 aliphatic heterocycles. The molecule has 0 amide bonds. The van der Waals surface area contributed by atoms with Crippen molar-refractivity contribution in [3.63, 3.8) is 0 Å². The van der Waals surface area contributed by atoms with Crippen LogP contribution in [0.25, 0.3) is 0 Å². The standard InChI is InChI=1S/C15H19ClO/c1-2-11-5-3-6-12(9-11)15(17)13-7-4-8-14(16)10-13/h4,7-8,10-12H,2-3,5-6,9H2,1H3. The average Bonchev–Trinajstić information content (AvgIpc) is 2.38. The van der Waals surface area contributed by atoms with Gasteiger partial charge in [-0.2, -0.15) is 0 Å². The number of ketones is 1. The Labute approximate surface area is 108 Å². The van der Waals surface area contributed by atoms with Crippen molar-refractivity contribution in [3.8, 4) is 0 Å². The quantitative estimate of drug-likeness (QED) is 0.709. The Hall–Kier alpha value is -0.820. The van der Waals surface area contributed by atoms with Crippen LogP contribution in [0.15, 0.2) is 24.3 Å². The van der Waals surface area contributed by atoms with Gasteiger partial charge < -0.3 is 0 Å². The highest BCUT2D eigenvalue weighted by atomic mass is 35.5. The number of Topliss-reactive ketones (excluding diaryl/α,β-unsaturated/α-hetero) is 1. The van der Waals surface area contributed by atoms with Crippen molar-refractivity contribution in [1.29, 1.82) is 0 Å². The maximum absolute atomic E-state index is 12.4. The number of hydrogen-bond acceptors (Lipinski definition) is 1. The van der Waals surface area contributed by atoms with Crippen LogP contribution < -0.4 is 0 Å². The molecule has 1 saturated carbocycles. The van der Waals surface area contributed by atoms with Crippen LogP contribution in [-0.2, 0) is 0 Å².